The molecule has 0 radical (unpaired) electrons. The molecule has 0 bridgehead atoms. The van der Waals surface area contributed by atoms with E-state index in [0.717, 1.165) is 36.9 Å². The van der Waals surface area contributed by atoms with Gasteiger partial charge in [0.15, 0.2) is 15.8 Å². The Hall–Kier alpha value is -0.740. The number of hydrogen-bond acceptors (Lipinski definition) is 4. The lowest BCUT2D eigenvalue weighted by molar-refractivity contribution is 0.379. The number of hydrogen-bond donors (Lipinski definition) is 1. The van der Waals surface area contributed by atoms with Crippen LogP contribution in [0.15, 0.2) is 29.3 Å². The summed E-state index contributed by atoms with van der Waals surface area (Å²) in [6, 6.07) is 7.84. The van der Waals surface area contributed by atoms with Gasteiger partial charge in [-0.15, -0.1) is 24.0 Å². The Balaban J connectivity index is 0.00000225. The minimum Gasteiger partial charge on any atom is -0.370 e. The standard InChI is InChI=1S/C16H23ClN4O2S.HI/c17-14-1-3-15(4-2-14)20-6-8-21(9-7-20)16(18)19-11-13-5-10-24(22,23)12-13;/h1-4,13H,5-12H2,(H2,18,19);1H. The van der Waals surface area contributed by atoms with Crippen molar-refractivity contribution in [2.75, 3.05) is 49.1 Å². The minimum atomic E-state index is -2.85. The summed E-state index contributed by atoms with van der Waals surface area (Å²) in [6.07, 6.45) is 0.698. The van der Waals surface area contributed by atoms with E-state index < -0.39 is 9.84 Å². The molecule has 2 N–H and O–H groups in total. The van der Waals surface area contributed by atoms with Crippen molar-refractivity contribution in [3.8, 4) is 0 Å². The summed E-state index contributed by atoms with van der Waals surface area (Å²) in [4.78, 5) is 8.79. The summed E-state index contributed by atoms with van der Waals surface area (Å²) in [5.41, 5.74) is 7.25. The van der Waals surface area contributed by atoms with E-state index in [1.54, 1.807) is 0 Å². The van der Waals surface area contributed by atoms with Gasteiger partial charge < -0.3 is 15.5 Å². The molecule has 2 aliphatic heterocycles. The van der Waals surface area contributed by atoms with Crippen molar-refractivity contribution in [2.24, 2.45) is 16.6 Å². The number of sulfone groups is 1. The van der Waals surface area contributed by atoms with Crippen molar-refractivity contribution in [3.05, 3.63) is 29.3 Å². The first-order valence-electron chi connectivity index (χ1n) is 8.19. The van der Waals surface area contributed by atoms with Gasteiger partial charge in [0.05, 0.1) is 11.5 Å². The molecule has 2 aliphatic rings. The maximum atomic E-state index is 11.5. The number of anilines is 1. The third kappa shape index (κ3) is 5.62. The van der Waals surface area contributed by atoms with Gasteiger partial charge in [-0.05, 0) is 36.6 Å². The molecule has 9 heteroatoms. The van der Waals surface area contributed by atoms with Crippen LogP contribution < -0.4 is 10.6 Å². The highest BCUT2D eigenvalue weighted by atomic mass is 127. The highest BCUT2D eigenvalue weighted by Gasteiger charge is 2.27. The Labute approximate surface area is 171 Å². The second-order valence-corrected chi connectivity index (χ2v) is 9.08. The predicted octanol–water partition coefficient (Wildman–Crippen LogP) is 1.83. The summed E-state index contributed by atoms with van der Waals surface area (Å²) < 4.78 is 23.0. The highest BCUT2D eigenvalue weighted by Crippen LogP contribution is 2.20. The smallest absolute Gasteiger partial charge is 0.191 e. The molecule has 0 saturated carbocycles. The number of benzene rings is 1. The fourth-order valence-electron chi connectivity index (χ4n) is 3.18. The fourth-order valence-corrected chi connectivity index (χ4v) is 5.16. The summed E-state index contributed by atoms with van der Waals surface area (Å²) in [5, 5.41) is 0.739. The average Bonchev–Trinajstić information content (AvgIpc) is 2.93. The van der Waals surface area contributed by atoms with E-state index in [0.29, 0.717) is 18.9 Å². The largest absolute Gasteiger partial charge is 0.370 e. The van der Waals surface area contributed by atoms with E-state index in [9.17, 15) is 8.42 Å². The van der Waals surface area contributed by atoms with E-state index in [4.69, 9.17) is 17.3 Å². The van der Waals surface area contributed by atoms with Gasteiger partial charge in [-0.1, -0.05) is 11.6 Å². The molecule has 0 aromatic heterocycles. The van der Waals surface area contributed by atoms with Crippen LogP contribution in [-0.4, -0.2) is 63.5 Å². The van der Waals surface area contributed by atoms with Crippen LogP contribution in [0.5, 0.6) is 0 Å². The van der Waals surface area contributed by atoms with Gasteiger partial charge >= 0.3 is 0 Å². The molecule has 3 rings (SSSR count). The Morgan fingerprint density at radius 3 is 2.40 bits per heavy atom. The molecule has 0 amide bonds. The van der Waals surface area contributed by atoms with Crippen LogP contribution in [0.25, 0.3) is 0 Å². The first-order chi connectivity index (χ1) is 11.4. The molecular formula is C16H24ClIN4O2S. The Morgan fingerprint density at radius 2 is 1.84 bits per heavy atom. The topological polar surface area (TPSA) is 79.0 Å². The number of nitrogens with zero attached hydrogens (tertiary/aromatic N) is 3. The number of halogens is 2. The molecule has 1 unspecified atom stereocenters. The van der Waals surface area contributed by atoms with Gasteiger partial charge in [-0.3, -0.25) is 4.99 Å². The van der Waals surface area contributed by atoms with Crippen LogP contribution in [0.3, 0.4) is 0 Å². The van der Waals surface area contributed by atoms with Gasteiger partial charge in [-0.25, -0.2) is 8.42 Å². The summed E-state index contributed by atoms with van der Waals surface area (Å²) in [5.74, 6) is 1.17. The molecule has 1 aromatic rings. The minimum absolute atomic E-state index is 0. The van der Waals surface area contributed by atoms with Gasteiger partial charge in [0.25, 0.3) is 0 Å². The quantitative estimate of drug-likeness (QED) is 0.391. The lowest BCUT2D eigenvalue weighted by atomic mass is 10.1. The number of piperazine rings is 1. The average molecular weight is 499 g/mol. The maximum Gasteiger partial charge on any atom is 0.191 e. The Kier molecular flexibility index (Phi) is 7.21. The van der Waals surface area contributed by atoms with E-state index in [2.05, 4.69) is 14.8 Å². The second-order valence-electron chi connectivity index (χ2n) is 6.42. The molecule has 25 heavy (non-hydrogen) atoms. The number of nitrogens with two attached hydrogens (primary N) is 1. The number of aliphatic imine (C=N–C) groups is 1. The Morgan fingerprint density at radius 1 is 1.20 bits per heavy atom. The fraction of sp³-hybridized carbons (Fsp3) is 0.562. The normalized spacial score (nSPS) is 23.4. The monoisotopic (exact) mass is 498 g/mol. The van der Waals surface area contributed by atoms with Crippen molar-refractivity contribution in [1.29, 1.82) is 0 Å². The zero-order chi connectivity index (χ0) is 17.2. The first-order valence-corrected chi connectivity index (χ1v) is 10.4. The number of rotatable bonds is 3. The molecule has 0 aliphatic carbocycles. The lowest BCUT2D eigenvalue weighted by Crippen LogP contribution is -2.51. The van der Waals surface area contributed by atoms with E-state index >= 15 is 0 Å². The zero-order valence-electron chi connectivity index (χ0n) is 14.0. The van der Waals surface area contributed by atoms with Crippen LogP contribution in [0.4, 0.5) is 5.69 Å². The van der Waals surface area contributed by atoms with E-state index in [-0.39, 0.29) is 41.4 Å². The SMILES string of the molecule is I.NC(=NCC1CCS(=O)(=O)C1)N1CCN(c2ccc(Cl)cc2)CC1. The van der Waals surface area contributed by atoms with Crippen molar-refractivity contribution >= 4 is 57.1 Å². The third-order valence-electron chi connectivity index (χ3n) is 4.63. The highest BCUT2D eigenvalue weighted by molar-refractivity contribution is 14.0. The zero-order valence-corrected chi connectivity index (χ0v) is 17.9. The molecule has 2 heterocycles. The van der Waals surface area contributed by atoms with Crippen LogP contribution in [0, 0.1) is 5.92 Å². The van der Waals surface area contributed by atoms with Crippen molar-refractivity contribution in [2.45, 2.75) is 6.42 Å². The molecule has 2 saturated heterocycles. The molecule has 1 atom stereocenters. The first kappa shape index (κ1) is 20.6. The molecule has 0 spiro atoms. The van der Waals surface area contributed by atoms with Gasteiger partial charge in [-0.2, -0.15) is 0 Å². The van der Waals surface area contributed by atoms with Gasteiger partial charge in [0, 0.05) is 43.4 Å². The Bertz CT molecular complexity index is 703. The van der Waals surface area contributed by atoms with Crippen molar-refractivity contribution in [1.82, 2.24) is 4.90 Å². The lowest BCUT2D eigenvalue weighted by Gasteiger charge is -2.36. The van der Waals surface area contributed by atoms with Crippen molar-refractivity contribution < 1.29 is 8.42 Å². The summed E-state index contributed by atoms with van der Waals surface area (Å²) >= 11 is 5.92. The molecular weight excluding hydrogens is 475 g/mol. The molecule has 6 nitrogen and oxygen atoms in total. The van der Waals surface area contributed by atoms with Crippen LogP contribution in [0.1, 0.15) is 6.42 Å². The van der Waals surface area contributed by atoms with Crippen LogP contribution in [-0.2, 0) is 9.84 Å². The molecule has 1 aromatic carbocycles. The van der Waals surface area contributed by atoms with Crippen LogP contribution >= 0.6 is 35.6 Å². The summed E-state index contributed by atoms with van der Waals surface area (Å²) in [6.45, 7) is 3.86. The summed E-state index contributed by atoms with van der Waals surface area (Å²) in [7, 11) is -2.85. The second kappa shape index (κ2) is 8.77. The van der Waals surface area contributed by atoms with Gasteiger partial charge in [0.2, 0.25) is 0 Å². The molecule has 2 fully saturated rings. The maximum absolute atomic E-state index is 11.5. The van der Waals surface area contributed by atoms with E-state index in [1.807, 2.05) is 24.3 Å². The third-order valence-corrected chi connectivity index (χ3v) is 6.72. The predicted molar refractivity (Wildman–Crippen MR) is 114 cm³/mol. The van der Waals surface area contributed by atoms with Crippen molar-refractivity contribution in [3.63, 3.8) is 0 Å². The molecule has 140 valence electrons. The van der Waals surface area contributed by atoms with Gasteiger partial charge in [0.1, 0.15) is 0 Å². The number of guanidine groups is 1. The van der Waals surface area contributed by atoms with Crippen LogP contribution in [0.2, 0.25) is 5.02 Å². The van der Waals surface area contributed by atoms with E-state index in [1.165, 1.54) is 0 Å².